The molecule has 1 aliphatic rings. The van der Waals surface area contributed by atoms with E-state index in [0.717, 1.165) is 0 Å². The molecule has 0 aliphatic carbocycles. The summed E-state index contributed by atoms with van der Waals surface area (Å²) >= 11 is 7.37. The van der Waals surface area contributed by atoms with E-state index in [9.17, 15) is 9.59 Å². The molecular weight excluding hydrogens is 286 g/mol. The van der Waals surface area contributed by atoms with E-state index in [-0.39, 0.29) is 0 Å². The third kappa shape index (κ3) is 2.20. The number of hydrogen-bond donors (Lipinski definition) is 1. The van der Waals surface area contributed by atoms with Crippen LogP contribution in [0.2, 0.25) is 5.02 Å². The van der Waals surface area contributed by atoms with Crippen LogP contribution < -0.4 is 5.32 Å². The second-order valence-corrected chi connectivity index (χ2v) is 5.16. The van der Waals surface area contributed by atoms with Crippen LogP contribution in [-0.4, -0.2) is 21.7 Å². The van der Waals surface area contributed by atoms with Crippen molar-refractivity contribution in [2.75, 3.05) is 5.32 Å². The maximum absolute atomic E-state index is 11.5. The zero-order valence-corrected chi connectivity index (χ0v) is 11.0. The van der Waals surface area contributed by atoms with E-state index >= 15 is 0 Å². The van der Waals surface area contributed by atoms with E-state index in [4.69, 9.17) is 11.6 Å². The molecular formula is C12H6ClN3O2S. The number of amides is 1. The van der Waals surface area contributed by atoms with Crippen molar-refractivity contribution in [2.45, 2.75) is 10.1 Å². The number of nitrogens with zero attached hydrogens (tertiary/aromatic N) is 2. The van der Waals surface area contributed by atoms with E-state index in [0.29, 0.717) is 26.3 Å². The lowest BCUT2D eigenvalue weighted by Crippen LogP contribution is -2.12. The van der Waals surface area contributed by atoms with Crippen LogP contribution in [0.3, 0.4) is 0 Å². The Morgan fingerprint density at radius 1 is 1.16 bits per heavy atom. The third-order valence-corrected chi connectivity index (χ3v) is 3.89. The van der Waals surface area contributed by atoms with Gasteiger partial charge in [-0.3, -0.25) is 9.59 Å². The summed E-state index contributed by atoms with van der Waals surface area (Å²) in [5.41, 5.74) is 0.770. The van der Waals surface area contributed by atoms with Gasteiger partial charge in [-0.2, -0.15) is 0 Å². The van der Waals surface area contributed by atoms with Crippen LogP contribution in [0.4, 0.5) is 5.69 Å². The van der Waals surface area contributed by atoms with Gasteiger partial charge in [-0.15, -0.1) is 0 Å². The van der Waals surface area contributed by atoms with Crippen molar-refractivity contribution in [3.63, 3.8) is 0 Å². The number of aromatic nitrogens is 2. The smallest absolute Gasteiger partial charge is 0.296 e. The molecule has 1 aliphatic heterocycles. The molecule has 0 radical (unpaired) electrons. The molecule has 19 heavy (non-hydrogen) atoms. The quantitative estimate of drug-likeness (QED) is 0.679. The average Bonchev–Trinajstić information content (AvgIpc) is 2.67. The van der Waals surface area contributed by atoms with E-state index in [1.54, 1.807) is 24.5 Å². The van der Waals surface area contributed by atoms with Crippen LogP contribution in [0, 0.1) is 0 Å². The lowest BCUT2D eigenvalue weighted by molar-refractivity contribution is -0.112. The van der Waals surface area contributed by atoms with Crippen LogP contribution >= 0.6 is 23.4 Å². The predicted molar refractivity (Wildman–Crippen MR) is 70.6 cm³/mol. The summed E-state index contributed by atoms with van der Waals surface area (Å²) in [6, 6.07) is 4.86. The number of nitrogens with one attached hydrogen (secondary N) is 1. The van der Waals surface area contributed by atoms with Gasteiger partial charge in [0.25, 0.3) is 11.7 Å². The first-order valence-corrected chi connectivity index (χ1v) is 6.48. The van der Waals surface area contributed by atoms with Crippen molar-refractivity contribution < 1.29 is 9.59 Å². The molecule has 0 saturated heterocycles. The van der Waals surface area contributed by atoms with Gasteiger partial charge in [0.15, 0.2) is 5.16 Å². The summed E-state index contributed by atoms with van der Waals surface area (Å²) in [7, 11) is 0. The zero-order chi connectivity index (χ0) is 13.4. The maximum Gasteiger partial charge on any atom is 0.296 e. The molecule has 94 valence electrons. The number of fused-ring (bicyclic) bond motifs is 1. The van der Waals surface area contributed by atoms with Crippen LogP contribution in [0.5, 0.6) is 0 Å². The number of benzene rings is 1. The molecule has 1 N–H and O–H groups in total. The van der Waals surface area contributed by atoms with Gasteiger partial charge in [0.2, 0.25) is 0 Å². The molecule has 1 aromatic carbocycles. The molecule has 2 aromatic rings. The summed E-state index contributed by atoms with van der Waals surface area (Å²) in [4.78, 5) is 31.6. The van der Waals surface area contributed by atoms with Crippen molar-refractivity contribution in [3.8, 4) is 0 Å². The van der Waals surface area contributed by atoms with Crippen molar-refractivity contribution >= 4 is 40.7 Å². The second-order valence-electron chi connectivity index (χ2n) is 3.74. The van der Waals surface area contributed by atoms with Gasteiger partial charge in [-0.25, -0.2) is 9.97 Å². The largest absolute Gasteiger partial charge is 0.318 e. The molecule has 0 unspecified atom stereocenters. The molecule has 1 amide bonds. The van der Waals surface area contributed by atoms with Crippen LogP contribution in [0.1, 0.15) is 10.4 Å². The summed E-state index contributed by atoms with van der Waals surface area (Å²) in [5.74, 6) is -1.20. The Hall–Kier alpha value is -1.92. The number of carbonyl (C=O) groups excluding carboxylic acids is 2. The molecule has 0 spiro atoms. The Kier molecular flexibility index (Phi) is 2.96. The van der Waals surface area contributed by atoms with Crippen molar-refractivity contribution in [2.24, 2.45) is 0 Å². The Labute approximate surface area is 117 Å². The second kappa shape index (κ2) is 4.64. The Bertz CT molecular complexity index is 691. The monoisotopic (exact) mass is 291 g/mol. The van der Waals surface area contributed by atoms with Crippen LogP contribution in [0.25, 0.3) is 0 Å². The highest BCUT2D eigenvalue weighted by Gasteiger charge is 2.29. The summed E-state index contributed by atoms with van der Waals surface area (Å²) in [6.45, 7) is 0. The first-order valence-electron chi connectivity index (χ1n) is 5.29. The molecule has 1 aromatic heterocycles. The fourth-order valence-corrected chi connectivity index (χ4v) is 2.70. The molecule has 5 nitrogen and oxygen atoms in total. The summed E-state index contributed by atoms with van der Waals surface area (Å²) in [6.07, 6.45) is 3.25. The van der Waals surface area contributed by atoms with Crippen molar-refractivity contribution in [1.82, 2.24) is 9.97 Å². The number of rotatable bonds is 2. The maximum atomic E-state index is 11.5. The molecule has 2 heterocycles. The van der Waals surface area contributed by atoms with Gasteiger partial charge in [0.1, 0.15) is 0 Å². The molecule has 0 saturated carbocycles. The van der Waals surface area contributed by atoms with Gasteiger partial charge in [-0.05, 0) is 30.0 Å². The van der Waals surface area contributed by atoms with E-state index in [1.807, 2.05) is 0 Å². The zero-order valence-electron chi connectivity index (χ0n) is 9.38. The molecule has 3 rings (SSSR count). The highest BCUT2D eigenvalue weighted by molar-refractivity contribution is 7.99. The normalized spacial score (nSPS) is 13.3. The minimum Gasteiger partial charge on any atom is -0.318 e. The molecule has 0 bridgehead atoms. The fraction of sp³-hybridized carbons (Fsp3) is 0. The van der Waals surface area contributed by atoms with Gasteiger partial charge in [-0.1, -0.05) is 11.6 Å². The minimum atomic E-state index is -0.635. The SMILES string of the molecule is O=C1Nc2cc(Sc3ncccn3)c(Cl)cc2C1=O. The highest BCUT2D eigenvalue weighted by atomic mass is 35.5. The van der Waals surface area contributed by atoms with Gasteiger partial charge >= 0.3 is 0 Å². The fourth-order valence-electron chi connectivity index (χ4n) is 1.66. The minimum absolute atomic E-state index is 0.299. The Balaban J connectivity index is 1.99. The number of halogens is 1. The number of carbonyl (C=O) groups is 2. The number of hydrogen-bond acceptors (Lipinski definition) is 5. The van der Waals surface area contributed by atoms with E-state index in [2.05, 4.69) is 15.3 Å². The highest BCUT2D eigenvalue weighted by Crippen LogP contribution is 2.37. The Morgan fingerprint density at radius 2 is 1.89 bits per heavy atom. The number of anilines is 1. The number of ketones is 1. The van der Waals surface area contributed by atoms with Crippen molar-refractivity contribution in [3.05, 3.63) is 41.2 Å². The summed E-state index contributed by atoms with van der Waals surface area (Å²) < 4.78 is 0. The first kappa shape index (κ1) is 12.1. The first-order chi connectivity index (χ1) is 9.15. The summed E-state index contributed by atoms with van der Waals surface area (Å²) in [5, 5.41) is 3.43. The molecule has 0 atom stereocenters. The van der Waals surface area contributed by atoms with E-state index in [1.165, 1.54) is 17.8 Å². The third-order valence-electron chi connectivity index (χ3n) is 2.51. The lowest BCUT2D eigenvalue weighted by atomic mass is 10.1. The topological polar surface area (TPSA) is 72.0 Å². The van der Waals surface area contributed by atoms with E-state index < -0.39 is 11.7 Å². The van der Waals surface area contributed by atoms with Crippen LogP contribution in [-0.2, 0) is 4.79 Å². The lowest BCUT2D eigenvalue weighted by Gasteiger charge is -2.05. The predicted octanol–water partition coefficient (Wildman–Crippen LogP) is 2.42. The van der Waals surface area contributed by atoms with Crippen molar-refractivity contribution in [1.29, 1.82) is 0 Å². The average molecular weight is 292 g/mol. The number of Topliss-reactive ketones (excluding diaryl/α,β-unsaturated/α-hetero) is 1. The van der Waals surface area contributed by atoms with Crippen LogP contribution in [0.15, 0.2) is 40.6 Å². The van der Waals surface area contributed by atoms with Gasteiger partial charge in [0, 0.05) is 17.3 Å². The standard InChI is InChI=1S/C12H6ClN3O2S/c13-7-4-6-8(16-11(18)10(6)17)5-9(7)19-12-14-2-1-3-15-12/h1-5H,(H,16,17,18). The van der Waals surface area contributed by atoms with Gasteiger partial charge < -0.3 is 5.32 Å². The Morgan fingerprint density at radius 3 is 2.63 bits per heavy atom. The van der Waals surface area contributed by atoms with Gasteiger partial charge in [0.05, 0.1) is 16.3 Å². The molecule has 7 heteroatoms. The molecule has 0 fully saturated rings.